The molecule has 0 radical (unpaired) electrons. The fourth-order valence-electron chi connectivity index (χ4n) is 1.16. The van der Waals surface area contributed by atoms with E-state index in [1.54, 1.807) is 6.20 Å². The van der Waals surface area contributed by atoms with Crippen molar-refractivity contribution >= 4 is 16.5 Å². The molecule has 2 rings (SSSR count). The Labute approximate surface area is 94.5 Å². The average molecular weight is 242 g/mol. The monoisotopic (exact) mass is 242 g/mol. The molecular formula is C10H8F2N2OS. The Morgan fingerprint density at radius 1 is 1.25 bits per heavy atom. The molecule has 0 aliphatic rings. The van der Waals surface area contributed by atoms with E-state index in [0.29, 0.717) is 5.13 Å². The Balaban J connectivity index is 2.04. The van der Waals surface area contributed by atoms with E-state index < -0.39 is 11.6 Å². The van der Waals surface area contributed by atoms with Crippen molar-refractivity contribution in [3.05, 3.63) is 40.9 Å². The van der Waals surface area contributed by atoms with Crippen LogP contribution in [-0.4, -0.2) is 4.98 Å². The van der Waals surface area contributed by atoms with Crippen molar-refractivity contribution < 1.29 is 13.5 Å². The van der Waals surface area contributed by atoms with Crippen LogP contribution in [0.25, 0.3) is 0 Å². The quantitative estimate of drug-likeness (QED) is 0.899. The molecule has 0 amide bonds. The molecule has 0 unspecified atom stereocenters. The van der Waals surface area contributed by atoms with Gasteiger partial charge in [-0.05, 0) is 0 Å². The highest BCUT2D eigenvalue weighted by Gasteiger charge is 2.03. The second kappa shape index (κ2) is 4.44. The Morgan fingerprint density at radius 3 is 2.50 bits per heavy atom. The van der Waals surface area contributed by atoms with Crippen LogP contribution in [0.4, 0.5) is 13.9 Å². The molecule has 0 aliphatic heterocycles. The molecule has 0 fully saturated rings. The number of hydrogen-bond acceptors (Lipinski definition) is 4. The fourth-order valence-corrected chi connectivity index (χ4v) is 1.75. The topological polar surface area (TPSA) is 48.1 Å². The summed E-state index contributed by atoms with van der Waals surface area (Å²) >= 11 is 1.27. The summed E-state index contributed by atoms with van der Waals surface area (Å²) in [5, 5.41) is 0.434. The minimum atomic E-state index is -0.668. The lowest BCUT2D eigenvalue weighted by Gasteiger charge is -2.04. The first kappa shape index (κ1) is 10.8. The van der Waals surface area contributed by atoms with Gasteiger partial charge in [0.1, 0.15) is 24.0 Å². The number of halogens is 2. The number of ether oxygens (including phenoxy) is 1. The standard InChI is InChI=1S/C10H8F2N2OS/c11-6-1-7(12)3-8(2-6)15-5-9-4-14-10(13)16-9/h1-4H,5H2,(H2,13,14). The van der Waals surface area contributed by atoms with Gasteiger partial charge in [-0.2, -0.15) is 0 Å². The van der Waals surface area contributed by atoms with Crippen LogP contribution in [0.3, 0.4) is 0 Å². The Bertz CT molecular complexity index is 481. The Kier molecular flexibility index (Phi) is 3.00. The first-order valence-corrected chi connectivity index (χ1v) is 5.24. The zero-order valence-electron chi connectivity index (χ0n) is 8.11. The second-order valence-corrected chi connectivity index (χ2v) is 4.21. The highest BCUT2D eigenvalue weighted by atomic mass is 32.1. The van der Waals surface area contributed by atoms with Gasteiger partial charge in [0.25, 0.3) is 0 Å². The molecule has 0 saturated carbocycles. The van der Waals surface area contributed by atoms with E-state index in [0.717, 1.165) is 23.1 Å². The van der Waals surface area contributed by atoms with Crippen molar-refractivity contribution in [1.82, 2.24) is 4.98 Å². The first-order valence-electron chi connectivity index (χ1n) is 4.42. The summed E-state index contributed by atoms with van der Waals surface area (Å²) in [7, 11) is 0. The van der Waals surface area contributed by atoms with Gasteiger partial charge in [-0.25, -0.2) is 13.8 Å². The van der Waals surface area contributed by atoms with Crippen LogP contribution < -0.4 is 10.5 Å². The fraction of sp³-hybridized carbons (Fsp3) is 0.100. The van der Waals surface area contributed by atoms with Crippen LogP contribution in [-0.2, 0) is 6.61 Å². The molecule has 1 aromatic carbocycles. The van der Waals surface area contributed by atoms with Crippen molar-refractivity contribution in [2.45, 2.75) is 6.61 Å². The van der Waals surface area contributed by atoms with E-state index in [1.807, 2.05) is 0 Å². The van der Waals surface area contributed by atoms with Crippen LogP contribution >= 0.6 is 11.3 Å². The van der Waals surface area contributed by atoms with Crippen molar-refractivity contribution in [2.24, 2.45) is 0 Å². The predicted molar refractivity (Wildman–Crippen MR) is 57.2 cm³/mol. The molecule has 1 heterocycles. The van der Waals surface area contributed by atoms with Crippen molar-refractivity contribution in [1.29, 1.82) is 0 Å². The molecule has 0 aliphatic carbocycles. The number of nitrogens with zero attached hydrogens (tertiary/aromatic N) is 1. The van der Waals surface area contributed by atoms with Gasteiger partial charge in [0.15, 0.2) is 5.13 Å². The summed E-state index contributed by atoms with van der Waals surface area (Å²) in [6.45, 7) is 0.192. The number of aromatic nitrogens is 1. The van der Waals surface area contributed by atoms with Crippen molar-refractivity contribution in [3.8, 4) is 5.75 Å². The number of rotatable bonds is 3. The van der Waals surface area contributed by atoms with E-state index in [-0.39, 0.29) is 12.4 Å². The highest BCUT2D eigenvalue weighted by molar-refractivity contribution is 7.15. The number of hydrogen-bond donors (Lipinski definition) is 1. The minimum Gasteiger partial charge on any atom is -0.488 e. The molecular weight excluding hydrogens is 234 g/mol. The highest BCUT2D eigenvalue weighted by Crippen LogP contribution is 2.19. The van der Waals surface area contributed by atoms with E-state index in [4.69, 9.17) is 10.5 Å². The van der Waals surface area contributed by atoms with Crippen molar-refractivity contribution in [2.75, 3.05) is 5.73 Å². The summed E-state index contributed by atoms with van der Waals surface area (Å²) in [6.07, 6.45) is 1.57. The maximum Gasteiger partial charge on any atom is 0.180 e. The van der Waals surface area contributed by atoms with Crippen LogP contribution in [0, 0.1) is 11.6 Å². The van der Waals surface area contributed by atoms with Gasteiger partial charge in [0.2, 0.25) is 0 Å². The normalized spacial score (nSPS) is 10.4. The number of nitrogen functional groups attached to an aromatic ring is 1. The number of thiazole rings is 1. The molecule has 0 spiro atoms. The molecule has 2 aromatic rings. The SMILES string of the molecule is Nc1ncc(COc2cc(F)cc(F)c2)s1. The minimum absolute atomic E-state index is 0.143. The van der Waals surface area contributed by atoms with Crippen LogP contribution in [0.15, 0.2) is 24.4 Å². The third-order valence-electron chi connectivity index (χ3n) is 1.79. The van der Waals surface area contributed by atoms with Gasteiger partial charge in [-0.1, -0.05) is 11.3 Å². The van der Waals surface area contributed by atoms with E-state index in [1.165, 1.54) is 11.3 Å². The molecule has 2 N–H and O–H groups in total. The third-order valence-corrected chi connectivity index (χ3v) is 2.59. The van der Waals surface area contributed by atoms with Crippen LogP contribution in [0.2, 0.25) is 0 Å². The summed E-state index contributed by atoms with van der Waals surface area (Å²) in [5.74, 6) is -1.19. The summed E-state index contributed by atoms with van der Waals surface area (Å²) in [6, 6.07) is 3.03. The van der Waals surface area contributed by atoms with Crippen molar-refractivity contribution in [3.63, 3.8) is 0 Å². The lowest BCUT2D eigenvalue weighted by Crippen LogP contribution is -1.94. The smallest absolute Gasteiger partial charge is 0.180 e. The molecule has 16 heavy (non-hydrogen) atoms. The maximum absolute atomic E-state index is 12.8. The number of nitrogens with two attached hydrogens (primary N) is 1. The zero-order chi connectivity index (χ0) is 11.5. The lowest BCUT2D eigenvalue weighted by atomic mass is 10.3. The molecule has 0 bridgehead atoms. The number of benzene rings is 1. The molecule has 84 valence electrons. The molecule has 3 nitrogen and oxygen atoms in total. The molecule has 6 heteroatoms. The molecule has 0 saturated heterocycles. The first-order chi connectivity index (χ1) is 7.63. The van der Waals surface area contributed by atoms with Gasteiger partial charge in [0.05, 0.1) is 4.88 Å². The second-order valence-electron chi connectivity index (χ2n) is 3.06. The third kappa shape index (κ3) is 2.66. The summed E-state index contributed by atoms with van der Waals surface area (Å²) in [4.78, 5) is 4.63. The summed E-state index contributed by atoms with van der Waals surface area (Å²) < 4.78 is 30.8. The van der Waals surface area contributed by atoms with E-state index in [9.17, 15) is 8.78 Å². The van der Waals surface area contributed by atoms with Gasteiger partial charge >= 0.3 is 0 Å². The Hall–Kier alpha value is -1.69. The maximum atomic E-state index is 12.8. The molecule has 0 atom stereocenters. The summed E-state index contributed by atoms with van der Waals surface area (Å²) in [5.41, 5.74) is 5.43. The van der Waals surface area contributed by atoms with E-state index >= 15 is 0 Å². The van der Waals surface area contributed by atoms with Gasteiger partial charge in [0, 0.05) is 24.4 Å². The van der Waals surface area contributed by atoms with Crippen LogP contribution in [0.1, 0.15) is 4.88 Å². The average Bonchev–Trinajstić information content (AvgIpc) is 2.60. The van der Waals surface area contributed by atoms with Gasteiger partial charge in [-0.15, -0.1) is 0 Å². The predicted octanol–water partition coefficient (Wildman–Crippen LogP) is 2.58. The van der Waals surface area contributed by atoms with E-state index in [2.05, 4.69) is 4.98 Å². The van der Waals surface area contributed by atoms with Crippen LogP contribution in [0.5, 0.6) is 5.75 Å². The number of anilines is 1. The molecule has 1 aromatic heterocycles. The lowest BCUT2D eigenvalue weighted by molar-refractivity contribution is 0.306. The largest absolute Gasteiger partial charge is 0.488 e. The Morgan fingerprint density at radius 2 is 1.94 bits per heavy atom. The van der Waals surface area contributed by atoms with Gasteiger partial charge in [-0.3, -0.25) is 0 Å². The zero-order valence-corrected chi connectivity index (χ0v) is 8.93. The van der Waals surface area contributed by atoms with Gasteiger partial charge < -0.3 is 10.5 Å².